The molecule has 19 heavy (non-hydrogen) atoms. The summed E-state index contributed by atoms with van der Waals surface area (Å²) in [7, 11) is 0. The van der Waals surface area contributed by atoms with E-state index in [-0.39, 0.29) is 11.9 Å². The third-order valence-corrected chi connectivity index (χ3v) is 4.73. The van der Waals surface area contributed by atoms with Crippen LogP contribution in [0, 0.1) is 5.92 Å². The van der Waals surface area contributed by atoms with E-state index in [2.05, 4.69) is 10.3 Å². The van der Waals surface area contributed by atoms with E-state index in [1.165, 1.54) is 17.8 Å². The second-order valence-electron chi connectivity index (χ2n) is 5.16. The van der Waals surface area contributed by atoms with Crippen molar-refractivity contribution < 1.29 is 10.2 Å². The molecule has 1 heterocycles. The van der Waals surface area contributed by atoms with Crippen LogP contribution in [0.2, 0.25) is 0 Å². The van der Waals surface area contributed by atoms with Crippen LogP contribution in [0.25, 0.3) is 10.2 Å². The maximum absolute atomic E-state index is 9.93. The van der Waals surface area contributed by atoms with Crippen LogP contribution in [0.1, 0.15) is 25.7 Å². The molecule has 1 aliphatic carbocycles. The highest BCUT2D eigenvalue weighted by atomic mass is 32.1. The summed E-state index contributed by atoms with van der Waals surface area (Å²) in [5.74, 6) is 0.597. The standard InChI is InChI=1S/C14H18N2O2S/c17-10-5-6-11-13(7-10)19-14(16-11)15-8-9-3-1-2-4-12(9)18/h5-7,9,12,17-18H,1-4,8H2,(H,15,16)/t9-,12?/m0/s1. The van der Waals surface area contributed by atoms with Gasteiger partial charge in [-0.05, 0) is 31.0 Å². The SMILES string of the molecule is Oc1ccc2nc(NC[C@@H]3CCCCC3O)sc2c1. The number of anilines is 1. The van der Waals surface area contributed by atoms with E-state index in [1.807, 2.05) is 6.07 Å². The van der Waals surface area contributed by atoms with Gasteiger partial charge in [-0.2, -0.15) is 0 Å². The van der Waals surface area contributed by atoms with Crippen molar-refractivity contribution in [1.82, 2.24) is 4.98 Å². The number of hydrogen-bond donors (Lipinski definition) is 3. The number of hydrogen-bond acceptors (Lipinski definition) is 5. The molecule has 2 aromatic rings. The Labute approximate surface area is 116 Å². The van der Waals surface area contributed by atoms with Gasteiger partial charge in [-0.1, -0.05) is 24.2 Å². The normalized spacial score (nSPS) is 23.6. The Morgan fingerprint density at radius 1 is 1.32 bits per heavy atom. The summed E-state index contributed by atoms with van der Waals surface area (Å²) in [6.07, 6.45) is 4.16. The van der Waals surface area contributed by atoms with Gasteiger partial charge < -0.3 is 15.5 Å². The molecule has 0 saturated heterocycles. The third-order valence-electron chi connectivity index (χ3n) is 3.76. The number of phenols is 1. The van der Waals surface area contributed by atoms with E-state index >= 15 is 0 Å². The number of aromatic hydroxyl groups is 1. The fraction of sp³-hybridized carbons (Fsp3) is 0.500. The first-order valence-corrected chi connectivity index (χ1v) is 7.55. The number of aliphatic hydroxyl groups excluding tert-OH is 1. The second kappa shape index (κ2) is 5.35. The minimum absolute atomic E-state index is 0.181. The Morgan fingerprint density at radius 2 is 2.16 bits per heavy atom. The smallest absolute Gasteiger partial charge is 0.183 e. The molecule has 0 spiro atoms. The molecule has 1 aliphatic rings. The van der Waals surface area contributed by atoms with Crippen molar-refractivity contribution in [3.05, 3.63) is 18.2 Å². The molecule has 2 atom stereocenters. The number of aliphatic hydroxyl groups is 1. The third kappa shape index (κ3) is 2.82. The fourth-order valence-corrected chi connectivity index (χ4v) is 3.54. The Hall–Kier alpha value is -1.33. The van der Waals surface area contributed by atoms with Crippen molar-refractivity contribution in [2.45, 2.75) is 31.8 Å². The molecule has 102 valence electrons. The lowest BCUT2D eigenvalue weighted by Gasteiger charge is -2.27. The first kappa shape index (κ1) is 12.7. The largest absolute Gasteiger partial charge is 0.508 e. The summed E-state index contributed by atoms with van der Waals surface area (Å²) in [6.45, 7) is 0.771. The van der Waals surface area contributed by atoms with Crippen LogP contribution in [0.15, 0.2) is 18.2 Å². The lowest BCUT2D eigenvalue weighted by molar-refractivity contribution is 0.0763. The van der Waals surface area contributed by atoms with E-state index in [9.17, 15) is 10.2 Å². The van der Waals surface area contributed by atoms with Crippen LogP contribution in [-0.2, 0) is 0 Å². The van der Waals surface area contributed by atoms with Gasteiger partial charge >= 0.3 is 0 Å². The molecule has 1 aromatic heterocycles. The number of nitrogens with zero attached hydrogens (tertiary/aromatic N) is 1. The summed E-state index contributed by atoms with van der Waals surface area (Å²) < 4.78 is 0.978. The monoisotopic (exact) mass is 278 g/mol. The van der Waals surface area contributed by atoms with Gasteiger partial charge in [-0.25, -0.2) is 4.98 Å². The summed E-state index contributed by atoms with van der Waals surface area (Å²) in [5.41, 5.74) is 0.898. The van der Waals surface area contributed by atoms with Crippen LogP contribution >= 0.6 is 11.3 Å². The zero-order valence-electron chi connectivity index (χ0n) is 10.7. The molecule has 1 unspecified atom stereocenters. The maximum Gasteiger partial charge on any atom is 0.183 e. The minimum atomic E-state index is -0.181. The van der Waals surface area contributed by atoms with E-state index in [4.69, 9.17) is 0 Å². The summed E-state index contributed by atoms with van der Waals surface area (Å²) in [4.78, 5) is 4.48. The Morgan fingerprint density at radius 3 is 3.00 bits per heavy atom. The molecule has 0 bridgehead atoms. The average molecular weight is 278 g/mol. The van der Waals surface area contributed by atoms with Gasteiger partial charge in [0.05, 0.1) is 16.3 Å². The average Bonchev–Trinajstić information content (AvgIpc) is 2.79. The Bertz CT molecular complexity index is 570. The van der Waals surface area contributed by atoms with Crippen molar-refractivity contribution in [2.24, 2.45) is 5.92 Å². The summed E-state index contributed by atoms with van der Waals surface area (Å²) >= 11 is 1.54. The molecule has 5 heteroatoms. The van der Waals surface area contributed by atoms with Crippen LogP contribution < -0.4 is 5.32 Å². The lowest BCUT2D eigenvalue weighted by atomic mass is 9.86. The lowest BCUT2D eigenvalue weighted by Crippen LogP contribution is -2.30. The quantitative estimate of drug-likeness (QED) is 0.807. The predicted molar refractivity (Wildman–Crippen MR) is 77.7 cm³/mol. The molecule has 0 amide bonds. The van der Waals surface area contributed by atoms with Crippen molar-refractivity contribution in [2.75, 3.05) is 11.9 Å². The van der Waals surface area contributed by atoms with Crippen LogP contribution in [0.5, 0.6) is 5.75 Å². The highest BCUT2D eigenvalue weighted by molar-refractivity contribution is 7.22. The van der Waals surface area contributed by atoms with Crippen LogP contribution in [-0.4, -0.2) is 27.8 Å². The number of benzene rings is 1. The predicted octanol–water partition coefficient (Wildman–Crippen LogP) is 2.96. The summed E-state index contributed by atoms with van der Waals surface area (Å²) in [6, 6.07) is 5.20. The number of rotatable bonds is 3. The topological polar surface area (TPSA) is 65.4 Å². The molecular weight excluding hydrogens is 260 g/mol. The molecule has 0 aliphatic heterocycles. The fourth-order valence-electron chi connectivity index (χ4n) is 2.63. The van der Waals surface area contributed by atoms with Gasteiger partial charge in [0, 0.05) is 12.5 Å². The molecule has 0 radical (unpaired) electrons. The number of fused-ring (bicyclic) bond motifs is 1. The molecule has 3 rings (SSSR count). The molecule has 1 fully saturated rings. The molecule has 3 N–H and O–H groups in total. The van der Waals surface area contributed by atoms with Gasteiger partial charge in [0.1, 0.15) is 5.75 Å². The number of aromatic nitrogens is 1. The highest BCUT2D eigenvalue weighted by Gasteiger charge is 2.22. The number of nitrogens with one attached hydrogen (secondary N) is 1. The molecule has 1 aromatic carbocycles. The van der Waals surface area contributed by atoms with Crippen molar-refractivity contribution in [1.29, 1.82) is 0 Å². The zero-order valence-corrected chi connectivity index (χ0v) is 11.5. The maximum atomic E-state index is 9.93. The molecule has 1 saturated carbocycles. The summed E-state index contributed by atoms with van der Waals surface area (Å²) in [5, 5.41) is 23.5. The number of phenolic OH excluding ortho intramolecular Hbond substituents is 1. The van der Waals surface area contributed by atoms with E-state index in [0.717, 1.165) is 41.2 Å². The molecular formula is C14H18N2O2S. The van der Waals surface area contributed by atoms with Crippen molar-refractivity contribution in [3.63, 3.8) is 0 Å². The zero-order chi connectivity index (χ0) is 13.2. The van der Waals surface area contributed by atoms with Gasteiger partial charge in [0.15, 0.2) is 5.13 Å². The molecule has 4 nitrogen and oxygen atoms in total. The first-order chi connectivity index (χ1) is 9.22. The van der Waals surface area contributed by atoms with E-state index < -0.39 is 0 Å². The van der Waals surface area contributed by atoms with Gasteiger partial charge in [0.25, 0.3) is 0 Å². The van der Waals surface area contributed by atoms with Gasteiger partial charge in [0.2, 0.25) is 0 Å². The van der Waals surface area contributed by atoms with E-state index in [0.29, 0.717) is 5.92 Å². The van der Waals surface area contributed by atoms with Gasteiger partial charge in [-0.3, -0.25) is 0 Å². The number of thiazole rings is 1. The van der Waals surface area contributed by atoms with E-state index in [1.54, 1.807) is 12.1 Å². The minimum Gasteiger partial charge on any atom is -0.508 e. The van der Waals surface area contributed by atoms with Crippen molar-refractivity contribution >= 4 is 26.7 Å². The van der Waals surface area contributed by atoms with Crippen LogP contribution in [0.3, 0.4) is 0 Å². The van der Waals surface area contributed by atoms with Crippen LogP contribution in [0.4, 0.5) is 5.13 Å². The second-order valence-corrected chi connectivity index (χ2v) is 6.19. The Kier molecular flexibility index (Phi) is 3.57. The Balaban J connectivity index is 1.68. The van der Waals surface area contributed by atoms with Crippen molar-refractivity contribution in [3.8, 4) is 5.75 Å². The van der Waals surface area contributed by atoms with Gasteiger partial charge in [-0.15, -0.1) is 0 Å². The highest BCUT2D eigenvalue weighted by Crippen LogP contribution is 2.30. The first-order valence-electron chi connectivity index (χ1n) is 6.74.